The second-order valence-electron chi connectivity index (χ2n) is 23.8. The minimum atomic E-state index is -4.57. The number of likely N-dealkylation sites (N-methyl/N-ethyl adjacent to an activating group) is 1. The van der Waals surface area contributed by atoms with Crippen molar-refractivity contribution in [3.05, 3.63) is 36.5 Å². The first kappa shape index (κ1) is 73.7. The highest BCUT2D eigenvalue weighted by molar-refractivity contribution is 7.45. The van der Waals surface area contributed by atoms with Crippen molar-refractivity contribution in [1.29, 1.82) is 0 Å². The highest BCUT2D eigenvalue weighted by Gasteiger charge is 2.24. The summed E-state index contributed by atoms with van der Waals surface area (Å²) in [6.45, 7) is 4.73. The lowest BCUT2D eigenvalue weighted by atomic mass is 10.0. The quantitative estimate of drug-likeness (QED) is 0.0272. The molecule has 0 spiro atoms. The largest absolute Gasteiger partial charge is 0.756 e. The molecule has 2 N–H and O–H groups in total. The molecule has 0 rings (SSSR count). The molecule has 0 aliphatic heterocycles. The summed E-state index contributed by atoms with van der Waals surface area (Å²) >= 11 is 0. The third kappa shape index (κ3) is 60.2. The second-order valence-corrected chi connectivity index (χ2v) is 25.2. The Morgan fingerprint density at radius 1 is 0.467 bits per heavy atom. The van der Waals surface area contributed by atoms with Crippen LogP contribution in [-0.4, -0.2) is 68.5 Å². The fraction of sp³-hybridized carbons (Fsp3) is 0.894. The molecular weight excluding hydrogens is 948 g/mol. The molecule has 3 unspecified atom stereocenters. The summed E-state index contributed by atoms with van der Waals surface area (Å²) in [6.07, 6.45) is 75.2. The lowest BCUT2D eigenvalue weighted by Crippen LogP contribution is -2.46. The maximum absolute atomic E-state index is 13.0. The zero-order valence-electron chi connectivity index (χ0n) is 50.8. The van der Waals surface area contributed by atoms with Crippen LogP contribution in [0.2, 0.25) is 0 Å². The molecule has 0 aromatic rings. The Balaban J connectivity index is 3.80. The van der Waals surface area contributed by atoms with E-state index in [-0.39, 0.29) is 19.1 Å². The fourth-order valence-corrected chi connectivity index (χ4v) is 10.7. The molecule has 0 heterocycles. The number of nitrogens with zero attached hydrogens (tertiary/aromatic N) is 1. The van der Waals surface area contributed by atoms with Crippen LogP contribution in [0.5, 0.6) is 0 Å². The van der Waals surface area contributed by atoms with E-state index in [1.54, 1.807) is 0 Å². The average Bonchev–Trinajstić information content (AvgIpc) is 3.37. The average molecular weight is 1080 g/mol. The number of allylic oxidation sites excluding steroid dienone is 6. The van der Waals surface area contributed by atoms with Crippen LogP contribution in [-0.2, 0) is 18.4 Å². The topological polar surface area (TPSA) is 108 Å². The van der Waals surface area contributed by atoms with Gasteiger partial charge in [0.1, 0.15) is 13.2 Å². The Labute approximate surface area is 467 Å². The number of phosphoric acid groups is 1. The van der Waals surface area contributed by atoms with Crippen LogP contribution in [0.4, 0.5) is 0 Å². The Kier molecular flexibility index (Phi) is 56.4. The number of carbonyl (C=O) groups is 1. The number of phosphoric ester groups is 1. The first-order chi connectivity index (χ1) is 36.5. The number of nitrogens with one attached hydrogen (secondary N) is 1. The Morgan fingerprint density at radius 2 is 0.773 bits per heavy atom. The van der Waals surface area contributed by atoms with Gasteiger partial charge in [0.2, 0.25) is 5.91 Å². The number of rotatable bonds is 61. The molecule has 0 radical (unpaired) electrons. The van der Waals surface area contributed by atoms with Crippen LogP contribution >= 0.6 is 7.82 Å². The van der Waals surface area contributed by atoms with Gasteiger partial charge in [-0.25, -0.2) is 0 Å². The zero-order chi connectivity index (χ0) is 54.9. The summed E-state index contributed by atoms with van der Waals surface area (Å²) in [4.78, 5) is 25.5. The summed E-state index contributed by atoms with van der Waals surface area (Å²) < 4.78 is 23.4. The van der Waals surface area contributed by atoms with Gasteiger partial charge < -0.3 is 28.8 Å². The van der Waals surface area contributed by atoms with Gasteiger partial charge in [-0.15, -0.1) is 0 Å². The van der Waals surface area contributed by atoms with Gasteiger partial charge in [0.05, 0.1) is 39.9 Å². The summed E-state index contributed by atoms with van der Waals surface area (Å²) in [5.74, 6) is -0.159. The third-order valence-corrected chi connectivity index (χ3v) is 16.1. The lowest BCUT2D eigenvalue weighted by molar-refractivity contribution is -0.870. The van der Waals surface area contributed by atoms with Crippen molar-refractivity contribution in [2.75, 3.05) is 40.9 Å². The minimum absolute atomic E-state index is 0.0145. The van der Waals surface area contributed by atoms with E-state index in [0.29, 0.717) is 23.9 Å². The number of amides is 1. The molecule has 75 heavy (non-hydrogen) atoms. The standard InChI is InChI=1S/C66H129N2O6P/c1-6-8-10-12-14-16-18-20-21-22-23-24-25-26-27-28-29-30-31-32-33-34-35-36-37-38-39-40-41-42-43-44-45-46-47-48-50-52-54-56-58-60-66(70)67-64(63-74-75(71,72)73-62-61-68(3,4)5)65(69)59-57-55-53-51-49-19-17-15-13-11-9-7-2/h18,20,22-23,25-26,64-65,69H,6-17,19,21,24,27-63H2,1-5H3,(H-,67,70,71,72)/b20-18-,23-22-,26-25-. The van der Waals surface area contributed by atoms with E-state index in [9.17, 15) is 19.4 Å². The predicted molar refractivity (Wildman–Crippen MR) is 325 cm³/mol. The van der Waals surface area contributed by atoms with E-state index in [0.717, 1.165) is 51.4 Å². The van der Waals surface area contributed by atoms with E-state index >= 15 is 0 Å². The van der Waals surface area contributed by atoms with E-state index in [1.165, 1.54) is 250 Å². The van der Waals surface area contributed by atoms with Gasteiger partial charge in [-0.3, -0.25) is 9.36 Å². The van der Waals surface area contributed by atoms with Crippen molar-refractivity contribution < 1.29 is 32.9 Å². The van der Waals surface area contributed by atoms with Crippen LogP contribution in [0.3, 0.4) is 0 Å². The third-order valence-electron chi connectivity index (χ3n) is 15.1. The first-order valence-electron chi connectivity index (χ1n) is 32.8. The van der Waals surface area contributed by atoms with Gasteiger partial charge >= 0.3 is 0 Å². The molecule has 0 aliphatic carbocycles. The van der Waals surface area contributed by atoms with Crippen LogP contribution < -0.4 is 10.2 Å². The number of aliphatic hydroxyl groups is 1. The van der Waals surface area contributed by atoms with Gasteiger partial charge in [-0.05, 0) is 51.4 Å². The zero-order valence-corrected chi connectivity index (χ0v) is 51.7. The highest BCUT2D eigenvalue weighted by Crippen LogP contribution is 2.38. The molecule has 444 valence electrons. The number of quaternary nitrogens is 1. The molecule has 0 saturated carbocycles. The molecule has 9 heteroatoms. The Hall–Kier alpha value is -1.28. The molecule has 3 atom stereocenters. The molecule has 8 nitrogen and oxygen atoms in total. The minimum Gasteiger partial charge on any atom is -0.756 e. The normalized spacial score (nSPS) is 14.0. The number of hydrogen-bond donors (Lipinski definition) is 2. The van der Waals surface area contributed by atoms with Gasteiger partial charge in [0.15, 0.2) is 0 Å². The number of aliphatic hydroxyl groups excluding tert-OH is 1. The van der Waals surface area contributed by atoms with Gasteiger partial charge in [-0.2, -0.15) is 0 Å². The number of unbranched alkanes of at least 4 members (excludes halogenated alkanes) is 42. The lowest BCUT2D eigenvalue weighted by Gasteiger charge is -2.30. The van der Waals surface area contributed by atoms with E-state index < -0.39 is 20.0 Å². The molecule has 0 bridgehead atoms. The molecule has 0 fully saturated rings. The molecule has 0 saturated heterocycles. The van der Waals surface area contributed by atoms with Gasteiger partial charge in [-0.1, -0.05) is 307 Å². The second kappa shape index (κ2) is 57.4. The van der Waals surface area contributed by atoms with Crippen LogP contribution in [0.15, 0.2) is 36.5 Å². The van der Waals surface area contributed by atoms with Crippen molar-refractivity contribution >= 4 is 13.7 Å². The Morgan fingerprint density at radius 3 is 1.12 bits per heavy atom. The van der Waals surface area contributed by atoms with Crippen LogP contribution in [0.1, 0.15) is 328 Å². The summed E-state index contributed by atoms with van der Waals surface area (Å²) in [7, 11) is 1.32. The molecule has 1 amide bonds. The van der Waals surface area contributed by atoms with Crippen molar-refractivity contribution in [3.63, 3.8) is 0 Å². The van der Waals surface area contributed by atoms with E-state index in [4.69, 9.17) is 9.05 Å². The van der Waals surface area contributed by atoms with Gasteiger partial charge in [0.25, 0.3) is 7.82 Å². The molecular formula is C66H129N2O6P. The predicted octanol–water partition coefficient (Wildman–Crippen LogP) is 19.9. The van der Waals surface area contributed by atoms with E-state index in [2.05, 4.69) is 55.6 Å². The molecule has 0 aromatic carbocycles. The van der Waals surface area contributed by atoms with Crippen LogP contribution in [0, 0.1) is 0 Å². The summed E-state index contributed by atoms with van der Waals surface area (Å²) in [5.41, 5.74) is 0. The van der Waals surface area contributed by atoms with Crippen molar-refractivity contribution in [2.45, 2.75) is 341 Å². The van der Waals surface area contributed by atoms with Crippen molar-refractivity contribution in [3.8, 4) is 0 Å². The van der Waals surface area contributed by atoms with Gasteiger partial charge in [0, 0.05) is 6.42 Å². The monoisotopic (exact) mass is 1080 g/mol. The summed E-state index contributed by atoms with van der Waals surface area (Å²) in [5, 5.41) is 14.0. The SMILES string of the molecule is CCCCCCC/C=C\C/C=C\C/C=C\CCCCCCCCCCCCCCCCCCCCCCCCCCCCC(=O)NC(COP(=O)([O-])OCC[N+](C)(C)C)C(O)CCCCCCCCCCCCCC. The van der Waals surface area contributed by atoms with Crippen LogP contribution in [0.25, 0.3) is 0 Å². The maximum Gasteiger partial charge on any atom is 0.268 e. The number of hydrogen-bond acceptors (Lipinski definition) is 6. The smallest absolute Gasteiger partial charge is 0.268 e. The first-order valence-corrected chi connectivity index (χ1v) is 34.3. The van der Waals surface area contributed by atoms with Crippen molar-refractivity contribution in [1.82, 2.24) is 5.32 Å². The number of carbonyl (C=O) groups excluding carboxylic acids is 1. The Bertz CT molecular complexity index is 1320. The maximum atomic E-state index is 13.0. The highest BCUT2D eigenvalue weighted by atomic mass is 31.2. The molecule has 0 aliphatic rings. The molecule has 0 aromatic heterocycles. The fourth-order valence-electron chi connectivity index (χ4n) is 9.99. The van der Waals surface area contributed by atoms with Crippen molar-refractivity contribution in [2.24, 2.45) is 0 Å². The summed E-state index contributed by atoms with van der Waals surface area (Å²) in [6, 6.07) is -0.797. The van der Waals surface area contributed by atoms with E-state index in [1.807, 2.05) is 21.1 Å².